The van der Waals surface area contributed by atoms with Crippen LogP contribution in [0.25, 0.3) is 0 Å². The second-order valence-electron chi connectivity index (χ2n) is 6.73. The number of nitrogens with one attached hydrogen (secondary N) is 1. The molecule has 2 aromatic rings. The first-order valence-electron chi connectivity index (χ1n) is 9.94. The number of anilines is 1. The van der Waals surface area contributed by atoms with E-state index < -0.39 is 10.0 Å². The van der Waals surface area contributed by atoms with Gasteiger partial charge in [-0.1, -0.05) is 25.1 Å². The molecule has 158 valence electrons. The maximum absolute atomic E-state index is 12.3. The number of aryl methyl sites for hydroxylation is 1. The van der Waals surface area contributed by atoms with Crippen LogP contribution in [0.2, 0.25) is 0 Å². The highest BCUT2D eigenvalue weighted by Gasteiger charge is 2.16. The molecule has 0 aliphatic heterocycles. The number of benzene rings is 2. The van der Waals surface area contributed by atoms with E-state index in [0.717, 1.165) is 30.6 Å². The zero-order valence-electron chi connectivity index (χ0n) is 17.3. The van der Waals surface area contributed by atoms with Gasteiger partial charge in [-0.3, -0.25) is 9.10 Å². The van der Waals surface area contributed by atoms with Gasteiger partial charge in [0.2, 0.25) is 10.0 Å². The number of hydrogen-bond donors (Lipinski definition) is 1. The van der Waals surface area contributed by atoms with Gasteiger partial charge in [-0.05, 0) is 62.1 Å². The van der Waals surface area contributed by atoms with Crippen molar-refractivity contribution in [2.45, 2.75) is 33.1 Å². The van der Waals surface area contributed by atoms with Crippen LogP contribution >= 0.6 is 0 Å². The van der Waals surface area contributed by atoms with Crippen molar-refractivity contribution in [3.63, 3.8) is 0 Å². The van der Waals surface area contributed by atoms with Gasteiger partial charge in [-0.2, -0.15) is 0 Å². The molecule has 0 heterocycles. The maximum Gasteiger partial charge on any atom is 0.251 e. The van der Waals surface area contributed by atoms with Crippen LogP contribution in [0.4, 0.5) is 5.69 Å². The smallest absolute Gasteiger partial charge is 0.251 e. The fourth-order valence-electron chi connectivity index (χ4n) is 2.82. The fourth-order valence-corrected chi connectivity index (χ4v) is 3.65. The average Bonchev–Trinajstić information content (AvgIpc) is 2.75. The fraction of sp³-hybridized carbons (Fsp3) is 0.409. The topological polar surface area (TPSA) is 75.7 Å². The second kappa shape index (κ2) is 10.9. The highest BCUT2D eigenvalue weighted by molar-refractivity contribution is 7.92. The lowest BCUT2D eigenvalue weighted by molar-refractivity contribution is 0.0953. The Labute approximate surface area is 173 Å². The number of nitrogens with zero attached hydrogens (tertiary/aromatic N) is 1. The molecule has 2 aromatic carbocycles. The molecule has 1 N–H and O–H groups in total. The zero-order valence-corrected chi connectivity index (χ0v) is 18.2. The van der Waals surface area contributed by atoms with Gasteiger partial charge in [-0.15, -0.1) is 0 Å². The molecule has 29 heavy (non-hydrogen) atoms. The van der Waals surface area contributed by atoms with Gasteiger partial charge >= 0.3 is 0 Å². The Kier molecular flexibility index (Phi) is 8.51. The van der Waals surface area contributed by atoms with Gasteiger partial charge in [0.05, 0.1) is 18.0 Å². The number of sulfonamides is 1. The molecule has 0 unspecified atom stereocenters. The zero-order chi connectivity index (χ0) is 21.3. The van der Waals surface area contributed by atoms with Crippen molar-refractivity contribution in [1.29, 1.82) is 0 Å². The van der Waals surface area contributed by atoms with Gasteiger partial charge in [0.1, 0.15) is 5.75 Å². The molecular formula is C22H30N2O4S. The van der Waals surface area contributed by atoms with E-state index in [9.17, 15) is 13.2 Å². The Hall–Kier alpha value is -2.54. The monoisotopic (exact) mass is 418 g/mol. The molecule has 0 radical (unpaired) electrons. The van der Waals surface area contributed by atoms with E-state index in [-0.39, 0.29) is 11.7 Å². The van der Waals surface area contributed by atoms with Crippen molar-refractivity contribution < 1.29 is 17.9 Å². The first-order chi connectivity index (χ1) is 13.9. The molecule has 0 saturated carbocycles. The van der Waals surface area contributed by atoms with Crippen molar-refractivity contribution in [1.82, 2.24) is 5.32 Å². The molecule has 2 rings (SSSR count). The van der Waals surface area contributed by atoms with Crippen molar-refractivity contribution in [3.05, 3.63) is 59.7 Å². The summed E-state index contributed by atoms with van der Waals surface area (Å²) in [5.41, 5.74) is 2.18. The van der Waals surface area contributed by atoms with Gasteiger partial charge < -0.3 is 10.1 Å². The van der Waals surface area contributed by atoms with E-state index in [4.69, 9.17) is 4.74 Å². The quantitative estimate of drug-likeness (QED) is 0.566. The van der Waals surface area contributed by atoms with Gasteiger partial charge in [0.25, 0.3) is 5.91 Å². The molecule has 0 saturated heterocycles. The Morgan fingerprint density at radius 2 is 1.76 bits per heavy atom. The SMILES string of the molecule is CCCOc1ccccc1CCCNC(=O)c1ccc(N(C)S(=O)(=O)CC)cc1. The van der Waals surface area contributed by atoms with Crippen LogP contribution in [0.3, 0.4) is 0 Å². The van der Waals surface area contributed by atoms with Crippen LogP contribution in [-0.2, 0) is 16.4 Å². The summed E-state index contributed by atoms with van der Waals surface area (Å²) in [5.74, 6) is 0.758. The third-order valence-corrected chi connectivity index (χ3v) is 6.39. The summed E-state index contributed by atoms with van der Waals surface area (Å²) in [6.07, 6.45) is 2.58. The summed E-state index contributed by atoms with van der Waals surface area (Å²) in [4.78, 5) is 12.3. The molecule has 6 nitrogen and oxygen atoms in total. The molecule has 0 aliphatic carbocycles. The summed E-state index contributed by atoms with van der Waals surface area (Å²) in [6, 6.07) is 14.5. The molecule has 7 heteroatoms. The molecule has 0 aromatic heterocycles. The van der Waals surface area contributed by atoms with E-state index in [1.807, 2.05) is 24.3 Å². The van der Waals surface area contributed by atoms with Gasteiger partial charge in [0.15, 0.2) is 0 Å². The van der Waals surface area contributed by atoms with E-state index in [0.29, 0.717) is 24.4 Å². The summed E-state index contributed by atoms with van der Waals surface area (Å²) >= 11 is 0. The predicted octanol–water partition coefficient (Wildman–Crippen LogP) is 3.62. The molecule has 0 spiro atoms. The molecule has 0 atom stereocenters. The standard InChI is InChI=1S/C22H30N2O4S/c1-4-17-28-21-11-7-6-9-18(21)10-8-16-23-22(25)19-12-14-20(15-13-19)24(3)29(26,27)5-2/h6-7,9,11-15H,4-5,8,10,16-17H2,1-3H3,(H,23,25). The number of para-hydroxylation sites is 1. The normalized spacial score (nSPS) is 11.1. The first kappa shape index (κ1) is 22.7. The Morgan fingerprint density at radius 1 is 1.07 bits per heavy atom. The number of carbonyl (C=O) groups is 1. The lowest BCUT2D eigenvalue weighted by Gasteiger charge is -2.18. The van der Waals surface area contributed by atoms with E-state index in [1.54, 1.807) is 31.2 Å². The van der Waals surface area contributed by atoms with Crippen LogP contribution in [-0.4, -0.2) is 40.3 Å². The number of ether oxygens (including phenoxy) is 1. The number of amides is 1. The van der Waals surface area contributed by atoms with E-state index >= 15 is 0 Å². The van der Waals surface area contributed by atoms with Crippen LogP contribution < -0.4 is 14.4 Å². The highest BCUT2D eigenvalue weighted by atomic mass is 32.2. The average molecular weight is 419 g/mol. The number of carbonyl (C=O) groups excluding carboxylic acids is 1. The van der Waals surface area contributed by atoms with Crippen molar-refractivity contribution >= 4 is 21.6 Å². The van der Waals surface area contributed by atoms with Crippen molar-refractivity contribution in [2.75, 3.05) is 30.3 Å². The summed E-state index contributed by atoms with van der Waals surface area (Å²) in [6.45, 7) is 4.92. The Morgan fingerprint density at radius 3 is 2.41 bits per heavy atom. The lowest BCUT2D eigenvalue weighted by atomic mass is 10.1. The molecule has 0 fully saturated rings. The number of rotatable bonds is 11. The third kappa shape index (κ3) is 6.49. The third-order valence-electron chi connectivity index (χ3n) is 4.62. The second-order valence-corrected chi connectivity index (χ2v) is 9.02. The summed E-state index contributed by atoms with van der Waals surface area (Å²) < 4.78 is 30.9. The summed E-state index contributed by atoms with van der Waals surface area (Å²) in [7, 11) is -1.81. The van der Waals surface area contributed by atoms with Crippen molar-refractivity contribution in [3.8, 4) is 5.75 Å². The number of hydrogen-bond acceptors (Lipinski definition) is 4. The maximum atomic E-state index is 12.3. The molecule has 0 bridgehead atoms. The molecule has 0 aliphatic rings. The van der Waals surface area contributed by atoms with Crippen LogP contribution in [0.15, 0.2) is 48.5 Å². The molecular weight excluding hydrogens is 388 g/mol. The van der Waals surface area contributed by atoms with Crippen LogP contribution in [0.5, 0.6) is 5.75 Å². The van der Waals surface area contributed by atoms with Crippen LogP contribution in [0, 0.1) is 0 Å². The van der Waals surface area contributed by atoms with Gasteiger partial charge in [-0.25, -0.2) is 8.42 Å². The minimum absolute atomic E-state index is 0.0261. The lowest BCUT2D eigenvalue weighted by Crippen LogP contribution is -2.28. The highest BCUT2D eigenvalue weighted by Crippen LogP contribution is 2.20. The Bertz CT molecular complexity index is 895. The molecule has 1 amide bonds. The summed E-state index contributed by atoms with van der Waals surface area (Å²) in [5, 5.41) is 2.91. The Balaban J connectivity index is 1.86. The van der Waals surface area contributed by atoms with Crippen molar-refractivity contribution in [2.24, 2.45) is 0 Å². The first-order valence-corrected chi connectivity index (χ1v) is 11.6. The minimum Gasteiger partial charge on any atom is -0.493 e. The van der Waals surface area contributed by atoms with Crippen LogP contribution in [0.1, 0.15) is 42.6 Å². The predicted molar refractivity (Wildman–Crippen MR) is 117 cm³/mol. The minimum atomic E-state index is -3.32. The van der Waals surface area contributed by atoms with Gasteiger partial charge in [0, 0.05) is 19.2 Å². The largest absolute Gasteiger partial charge is 0.493 e. The van der Waals surface area contributed by atoms with E-state index in [2.05, 4.69) is 12.2 Å². The van der Waals surface area contributed by atoms with E-state index in [1.165, 1.54) is 11.4 Å².